The summed E-state index contributed by atoms with van der Waals surface area (Å²) in [5, 5.41) is 12.2. The normalized spacial score (nSPS) is 19.3. The molecule has 1 aromatic rings. The third-order valence-corrected chi connectivity index (χ3v) is 4.37. The van der Waals surface area contributed by atoms with Gasteiger partial charge in [0.2, 0.25) is 5.91 Å². The minimum absolute atomic E-state index is 0.0437. The molecule has 0 spiro atoms. The highest BCUT2D eigenvalue weighted by Gasteiger charge is 2.26. The summed E-state index contributed by atoms with van der Waals surface area (Å²) < 4.78 is 0. The lowest BCUT2D eigenvalue weighted by molar-refractivity contribution is -0.120. The molecule has 2 rings (SSSR count). The van der Waals surface area contributed by atoms with Gasteiger partial charge in [0.25, 0.3) is 0 Å². The first kappa shape index (κ1) is 14.8. The van der Waals surface area contributed by atoms with Gasteiger partial charge in [0.15, 0.2) is 0 Å². The number of carboxylic acid groups (broad SMARTS) is 1. The number of nitrogens with zero attached hydrogens (tertiary/aromatic N) is 2. The summed E-state index contributed by atoms with van der Waals surface area (Å²) >= 11 is 1.23. The number of carboxylic acids is 1. The van der Waals surface area contributed by atoms with E-state index in [0.29, 0.717) is 23.1 Å². The lowest BCUT2D eigenvalue weighted by atomic mass is 10.2. The van der Waals surface area contributed by atoms with Crippen LogP contribution in [0.3, 0.4) is 0 Å². The van der Waals surface area contributed by atoms with Crippen LogP contribution in [-0.4, -0.2) is 38.7 Å². The van der Waals surface area contributed by atoms with Crippen LogP contribution >= 0.6 is 11.8 Å². The predicted molar refractivity (Wildman–Crippen MR) is 75.0 cm³/mol. The zero-order chi connectivity index (χ0) is 14.7. The maximum atomic E-state index is 11.9. The number of rotatable bonds is 3. The van der Waals surface area contributed by atoms with Crippen LogP contribution in [0, 0.1) is 13.8 Å². The predicted octanol–water partition coefficient (Wildman–Crippen LogP) is 1.55. The van der Waals surface area contributed by atoms with Crippen molar-refractivity contribution in [2.24, 2.45) is 0 Å². The second-order valence-corrected chi connectivity index (χ2v) is 5.93. The molecule has 1 amide bonds. The van der Waals surface area contributed by atoms with Crippen molar-refractivity contribution >= 4 is 23.6 Å². The Morgan fingerprint density at radius 2 is 2.10 bits per heavy atom. The van der Waals surface area contributed by atoms with Crippen molar-refractivity contribution < 1.29 is 14.7 Å². The molecule has 7 heteroatoms. The van der Waals surface area contributed by atoms with Crippen molar-refractivity contribution in [2.45, 2.75) is 43.4 Å². The molecule has 108 valence electrons. The van der Waals surface area contributed by atoms with Gasteiger partial charge in [-0.05, 0) is 26.7 Å². The average Bonchev–Trinajstić information content (AvgIpc) is 2.53. The van der Waals surface area contributed by atoms with Crippen LogP contribution in [0.5, 0.6) is 0 Å². The fourth-order valence-electron chi connectivity index (χ4n) is 2.17. The maximum Gasteiger partial charge on any atom is 0.340 e. The maximum absolute atomic E-state index is 11.9. The summed E-state index contributed by atoms with van der Waals surface area (Å²) in [5.41, 5.74) is 0.527. The summed E-state index contributed by atoms with van der Waals surface area (Å²) in [5.74, 6) is -0.583. The van der Waals surface area contributed by atoms with Crippen molar-refractivity contribution in [1.29, 1.82) is 0 Å². The van der Waals surface area contributed by atoms with Crippen molar-refractivity contribution in [3.8, 4) is 0 Å². The molecule has 0 bridgehead atoms. The van der Waals surface area contributed by atoms with Gasteiger partial charge < -0.3 is 10.4 Å². The topological polar surface area (TPSA) is 92.2 Å². The Labute approximate surface area is 121 Å². The van der Waals surface area contributed by atoms with Crippen molar-refractivity contribution in [1.82, 2.24) is 15.3 Å². The lowest BCUT2D eigenvalue weighted by Gasteiger charge is -2.14. The molecular formula is C13H17N3O3S. The minimum atomic E-state index is -1.06. The molecule has 0 aromatic carbocycles. The van der Waals surface area contributed by atoms with Gasteiger partial charge in [0.05, 0.1) is 10.9 Å². The van der Waals surface area contributed by atoms with E-state index in [4.69, 9.17) is 0 Å². The summed E-state index contributed by atoms with van der Waals surface area (Å²) in [6.07, 6.45) is 2.63. The van der Waals surface area contributed by atoms with E-state index < -0.39 is 5.97 Å². The second kappa shape index (κ2) is 6.21. The molecule has 20 heavy (non-hydrogen) atoms. The van der Waals surface area contributed by atoms with Crippen LogP contribution in [0.25, 0.3) is 0 Å². The highest BCUT2D eigenvalue weighted by atomic mass is 32.2. The van der Waals surface area contributed by atoms with E-state index >= 15 is 0 Å². The van der Waals surface area contributed by atoms with Crippen LogP contribution in [0.4, 0.5) is 0 Å². The Bertz CT molecular complexity index is 548. The number of nitrogens with one attached hydrogen (secondary N) is 1. The number of aryl methyl sites for hydroxylation is 2. The summed E-state index contributed by atoms with van der Waals surface area (Å²) in [7, 11) is 0. The Hall–Kier alpha value is -1.63. The first-order valence-corrected chi connectivity index (χ1v) is 7.40. The highest BCUT2D eigenvalue weighted by molar-refractivity contribution is 8.00. The summed E-state index contributed by atoms with van der Waals surface area (Å²) in [4.78, 5) is 31.6. The number of carbonyl (C=O) groups excluding carboxylic acids is 1. The van der Waals surface area contributed by atoms with Crippen LogP contribution in [0.2, 0.25) is 0 Å². The fraction of sp³-hybridized carbons (Fsp3) is 0.538. The third-order valence-electron chi connectivity index (χ3n) is 3.12. The number of hydrogen-bond donors (Lipinski definition) is 2. The quantitative estimate of drug-likeness (QED) is 0.822. The lowest BCUT2D eigenvalue weighted by Crippen LogP contribution is -2.31. The molecule has 0 aliphatic carbocycles. The van der Waals surface area contributed by atoms with Gasteiger partial charge in [-0.15, -0.1) is 0 Å². The van der Waals surface area contributed by atoms with Crippen LogP contribution in [-0.2, 0) is 4.79 Å². The standard InChI is InChI=1S/C13H17N3O3S/c1-7-10(13(18)19)12(16-8(2)15-7)20-9-5-3-4-6-14-11(9)17/h9H,3-6H2,1-2H3,(H,14,17)(H,18,19). The third kappa shape index (κ3) is 3.27. The second-order valence-electron chi connectivity index (χ2n) is 4.73. The summed E-state index contributed by atoms with van der Waals surface area (Å²) in [6, 6.07) is 0. The SMILES string of the molecule is Cc1nc(C)c(C(=O)O)c(SC2CCCCNC2=O)n1. The Balaban J connectivity index is 2.32. The molecule has 1 aliphatic heterocycles. The number of hydrogen-bond acceptors (Lipinski definition) is 5. The average molecular weight is 295 g/mol. The van der Waals surface area contributed by atoms with E-state index in [1.54, 1.807) is 13.8 Å². The van der Waals surface area contributed by atoms with Gasteiger partial charge in [0, 0.05) is 6.54 Å². The zero-order valence-corrected chi connectivity index (χ0v) is 12.3. The smallest absolute Gasteiger partial charge is 0.340 e. The van der Waals surface area contributed by atoms with Crippen LogP contribution in [0.15, 0.2) is 5.03 Å². The van der Waals surface area contributed by atoms with E-state index in [1.165, 1.54) is 11.8 Å². The number of amides is 1. The molecule has 1 unspecified atom stereocenters. The Kier molecular flexibility index (Phi) is 4.59. The van der Waals surface area contributed by atoms with E-state index in [2.05, 4.69) is 15.3 Å². The van der Waals surface area contributed by atoms with Crippen molar-refractivity contribution in [2.75, 3.05) is 6.54 Å². The fourth-order valence-corrected chi connectivity index (χ4v) is 3.45. The van der Waals surface area contributed by atoms with E-state index in [-0.39, 0.29) is 16.7 Å². The van der Waals surface area contributed by atoms with Gasteiger partial charge in [-0.2, -0.15) is 0 Å². The molecule has 1 atom stereocenters. The molecule has 2 N–H and O–H groups in total. The minimum Gasteiger partial charge on any atom is -0.478 e. The summed E-state index contributed by atoms with van der Waals surface area (Å²) in [6.45, 7) is 4.05. The van der Waals surface area contributed by atoms with E-state index in [0.717, 1.165) is 19.3 Å². The molecular weight excluding hydrogens is 278 g/mol. The highest BCUT2D eigenvalue weighted by Crippen LogP contribution is 2.30. The Morgan fingerprint density at radius 3 is 2.80 bits per heavy atom. The van der Waals surface area contributed by atoms with Crippen LogP contribution in [0.1, 0.15) is 41.1 Å². The van der Waals surface area contributed by atoms with Crippen molar-refractivity contribution in [3.05, 3.63) is 17.1 Å². The van der Waals surface area contributed by atoms with Gasteiger partial charge in [-0.25, -0.2) is 14.8 Å². The molecule has 0 radical (unpaired) electrons. The van der Waals surface area contributed by atoms with E-state index in [1.807, 2.05) is 0 Å². The first-order chi connectivity index (χ1) is 9.49. The van der Waals surface area contributed by atoms with Gasteiger partial charge in [-0.1, -0.05) is 18.2 Å². The largest absolute Gasteiger partial charge is 0.478 e. The van der Waals surface area contributed by atoms with Gasteiger partial charge >= 0.3 is 5.97 Å². The number of thioether (sulfide) groups is 1. The van der Waals surface area contributed by atoms with Crippen LogP contribution < -0.4 is 5.32 Å². The molecule has 1 fully saturated rings. The number of aromatic nitrogens is 2. The molecule has 0 saturated carbocycles. The van der Waals surface area contributed by atoms with E-state index in [9.17, 15) is 14.7 Å². The van der Waals surface area contributed by atoms with Gasteiger partial charge in [0.1, 0.15) is 16.4 Å². The molecule has 1 saturated heterocycles. The molecule has 1 aromatic heterocycles. The Morgan fingerprint density at radius 1 is 1.35 bits per heavy atom. The monoisotopic (exact) mass is 295 g/mol. The molecule has 1 aliphatic rings. The first-order valence-electron chi connectivity index (χ1n) is 6.52. The van der Waals surface area contributed by atoms with Gasteiger partial charge in [-0.3, -0.25) is 4.79 Å². The number of aromatic carboxylic acids is 1. The molecule has 6 nitrogen and oxygen atoms in total. The molecule has 2 heterocycles. The van der Waals surface area contributed by atoms with Crippen molar-refractivity contribution in [3.63, 3.8) is 0 Å². The number of carbonyl (C=O) groups is 2. The zero-order valence-electron chi connectivity index (χ0n) is 11.5.